The third-order valence-electron chi connectivity index (χ3n) is 2.59. The third-order valence-corrected chi connectivity index (χ3v) is 3.70. The lowest BCUT2D eigenvalue weighted by Gasteiger charge is -2.21. The Hall–Kier alpha value is -2.54. The van der Waals surface area contributed by atoms with Crippen LogP contribution in [0.1, 0.15) is 0 Å². The van der Waals surface area contributed by atoms with Crippen LogP contribution < -0.4 is 4.31 Å². The van der Waals surface area contributed by atoms with Gasteiger partial charge in [0.25, 0.3) is 5.69 Å². The Labute approximate surface area is 125 Å². The highest BCUT2D eigenvalue weighted by atomic mass is 32.2. The predicted molar refractivity (Wildman–Crippen MR) is 80.4 cm³/mol. The summed E-state index contributed by atoms with van der Waals surface area (Å²) in [5, 5.41) is 20.0. The minimum atomic E-state index is -1.01. The Morgan fingerprint density at radius 3 is 2.38 bits per heavy atom. The van der Waals surface area contributed by atoms with E-state index >= 15 is 0 Å². The van der Waals surface area contributed by atoms with Gasteiger partial charge in [0.05, 0.1) is 4.92 Å². The fraction of sp³-hybridized carbons (Fsp3) is 0.0714. The highest BCUT2D eigenvalue weighted by Gasteiger charge is 2.19. The molecule has 0 bridgehead atoms. The lowest BCUT2D eigenvalue weighted by molar-refractivity contribution is -0.387. The number of nitro benzene ring substituents is 1. The third kappa shape index (κ3) is 3.96. The molecule has 6 nitrogen and oxygen atoms in total. The summed E-state index contributed by atoms with van der Waals surface area (Å²) in [6.07, 6.45) is 0. The van der Waals surface area contributed by atoms with E-state index in [1.807, 2.05) is 6.07 Å². The summed E-state index contributed by atoms with van der Waals surface area (Å²) < 4.78 is 1.50. The molecule has 0 heterocycles. The van der Waals surface area contributed by atoms with Crippen molar-refractivity contribution in [2.24, 2.45) is 0 Å². The van der Waals surface area contributed by atoms with Crippen LogP contribution in [0.15, 0.2) is 59.5 Å². The average Bonchev–Trinajstić information content (AvgIpc) is 2.47. The zero-order chi connectivity index (χ0) is 15.2. The highest BCUT2D eigenvalue weighted by molar-refractivity contribution is 8.00. The number of carboxylic acids is 1. The van der Waals surface area contributed by atoms with Crippen LogP contribution in [0.5, 0.6) is 0 Å². The van der Waals surface area contributed by atoms with Gasteiger partial charge < -0.3 is 9.41 Å². The van der Waals surface area contributed by atoms with Crippen molar-refractivity contribution in [1.29, 1.82) is 0 Å². The molecule has 2 rings (SSSR count). The van der Waals surface area contributed by atoms with Crippen molar-refractivity contribution < 1.29 is 14.8 Å². The monoisotopic (exact) mass is 304 g/mol. The summed E-state index contributed by atoms with van der Waals surface area (Å²) in [6, 6.07) is 15.1. The molecule has 0 radical (unpaired) electrons. The predicted octanol–water partition coefficient (Wildman–Crippen LogP) is 3.19. The summed E-state index contributed by atoms with van der Waals surface area (Å²) in [6.45, 7) is -0.263. The van der Waals surface area contributed by atoms with E-state index in [-0.39, 0.29) is 12.2 Å². The van der Waals surface area contributed by atoms with Gasteiger partial charge in [0.15, 0.2) is 0 Å². The van der Waals surface area contributed by atoms with E-state index in [0.29, 0.717) is 10.6 Å². The van der Waals surface area contributed by atoms with Crippen LogP contribution in [-0.4, -0.2) is 22.5 Å². The van der Waals surface area contributed by atoms with E-state index in [9.17, 15) is 14.9 Å². The zero-order valence-corrected chi connectivity index (χ0v) is 11.7. The van der Waals surface area contributed by atoms with Gasteiger partial charge in [-0.1, -0.05) is 30.3 Å². The van der Waals surface area contributed by atoms with Crippen LogP contribution in [-0.2, 0) is 4.79 Å². The number of hydrogen-bond acceptors (Lipinski definition) is 5. The summed E-state index contributed by atoms with van der Waals surface area (Å²) in [5.41, 5.74) is 0.622. The molecule has 108 valence electrons. The number of carbonyl (C=O) groups is 1. The Kier molecular flexibility index (Phi) is 4.78. The first kappa shape index (κ1) is 14.9. The largest absolute Gasteiger partial charge is 0.480 e. The molecule has 0 saturated heterocycles. The number of para-hydroxylation sites is 2. The van der Waals surface area contributed by atoms with E-state index in [0.717, 1.165) is 11.9 Å². The molecular weight excluding hydrogens is 292 g/mol. The van der Waals surface area contributed by atoms with Gasteiger partial charge >= 0.3 is 5.97 Å². The number of nitrogens with zero attached hydrogens (tertiary/aromatic N) is 2. The van der Waals surface area contributed by atoms with Crippen LogP contribution in [0, 0.1) is 10.1 Å². The minimum absolute atomic E-state index is 0.0474. The van der Waals surface area contributed by atoms with Gasteiger partial charge in [0, 0.05) is 11.8 Å². The van der Waals surface area contributed by atoms with E-state index in [2.05, 4.69) is 0 Å². The highest BCUT2D eigenvalue weighted by Crippen LogP contribution is 2.34. The lowest BCUT2D eigenvalue weighted by Crippen LogP contribution is -2.22. The number of hydrogen-bond donors (Lipinski definition) is 1. The van der Waals surface area contributed by atoms with Crippen molar-refractivity contribution in [1.82, 2.24) is 0 Å². The molecule has 0 fully saturated rings. The van der Waals surface area contributed by atoms with Crippen molar-refractivity contribution in [2.75, 3.05) is 10.8 Å². The molecule has 21 heavy (non-hydrogen) atoms. The van der Waals surface area contributed by atoms with Crippen molar-refractivity contribution >= 4 is 29.3 Å². The number of aliphatic carboxylic acids is 1. The first-order valence-corrected chi connectivity index (χ1v) is 6.81. The standard InChI is InChI=1S/C14H12N2O4S/c17-14(18)10-15(11-6-2-1-3-7-11)21-13-9-5-4-8-12(13)16(19)20/h1-9H,10H2,(H,17,18). The zero-order valence-electron chi connectivity index (χ0n) is 10.9. The summed E-state index contributed by atoms with van der Waals surface area (Å²) >= 11 is 1.04. The van der Waals surface area contributed by atoms with Crippen molar-refractivity contribution in [2.45, 2.75) is 4.90 Å². The van der Waals surface area contributed by atoms with Gasteiger partial charge in [-0.2, -0.15) is 0 Å². The molecule has 0 aliphatic carbocycles. The number of rotatable bonds is 6. The molecular formula is C14H12N2O4S. The fourth-order valence-corrected chi connectivity index (χ4v) is 2.71. The second-order valence-corrected chi connectivity index (χ2v) is 5.15. The van der Waals surface area contributed by atoms with Crippen LogP contribution in [0.3, 0.4) is 0 Å². The maximum absolute atomic E-state index is 11.0. The van der Waals surface area contributed by atoms with Crippen molar-refractivity contribution in [3.8, 4) is 0 Å². The van der Waals surface area contributed by atoms with E-state index < -0.39 is 10.9 Å². The quantitative estimate of drug-likeness (QED) is 0.501. The summed E-state index contributed by atoms with van der Waals surface area (Å²) in [5.74, 6) is -1.01. The topological polar surface area (TPSA) is 83.7 Å². The van der Waals surface area contributed by atoms with Gasteiger partial charge in [-0.05, 0) is 30.1 Å². The maximum atomic E-state index is 11.0. The van der Waals surface area contributed by atoms with E-state index in [1.165, 1.54) is 10.4 Å². The summed E-state index contributed by atoms with van der Waals surface area (Å²) in [7, 11) is 0. The smallest absolute Gasteiger partial charge is 0.324 e. The first-order chi connectivity index (χ1) is 10.1. The Bertz CT molecular complexity index is 648. The van der Waals surface area contributed by atoms with Gasteiger partial charge in [0.1, 0.15) is 11.4 Å². The molecule has 0 unspecified atom stereocenters. The van der Waals surface area contributed by atoms with Gasteiger partial charge in [-0.25, -0.2) is 0 Å². The Morgan fingerprint density at radius 1 is 1.14 bits per heavy atom. The number of nitro groups is 1. The lowest BCUT2D eigenvalue weighted by atomic mass is 10.3. The minimum Gasteiger partial charge on any atom is -0.480 e. The molecule has 0 atom stereocenters. The van der Waals surface area contributed by atoms with Crippen LogP contribution >= 0.6 is 11.9 Å². The fourth-order valence-electron chi connectivity index (χ4n) is 1.70. The van der Waals surface area contributed by atoms with E-state index in [1.54, 1.807) is 42.5 Å². The van der Waals surface area contributed by atoms with E-state index in [4.69, 9.17) is 5.11 Å². The Morgan fingerprint density at radius 2 is 1.76 bits per heavy atom. The number of carboxylic acid groups (broad SMARTS) is 1. The molecule has 1 N–H and O–H groups in total. The second-order valence-electron chi connectivity index (χ2n) is 4.08. The number of benzene rings is 2. The molecule has 0 aliphatic heterocycles. The number of anilines is 1. The summed E-state index contributed by atoms with van der Waals surface area (Å²) in [4.78, 5) is 21.9. The molecule has 0 spiro atoms. The van der Waals surface area contributed by atoms with Crippen LogP contribution in [0.25, 0.3) is 0 Å². The first-order valence-electron chi connectivity index (χ1n) is 6.03. The molecule has 0 aliphatic rings. The van der Waals surface area contributed by atoms with Crippen LogP contribution in [0.2, 0.25) is 0 Å². The molecule has 0 aromatic heterocycles. The average molecular weight is 304 g/mol. The van der Waals surface area contributed by atoms with Crippen LogP contribution in [0.4, 0.5) is 11.4 Å². The SMILES string of the molecule is O=C(O)CN(Sc1ccccc1[N+](=O)[O-])c1ccccc1. The van der Waals surface area contributed by atoms with Crippen molar-refractivity contribution in [3.63, 3.8) is 0 Å². The van der Waals surface area contributed by atoms with Gasteiger partial charge in [0.2, 0.25) is 0 Å². The molecule has 2 aromatic rings. The molecule has 0 amide bonds. The van der Waals surface area contributed by atoms with Crippen molar-refractivity contribution in [3.05, 3.63) is 64.7 Å². The molecule has 2 aromatic carbocycles. The second kappa shape index (κ2) is 6.76. The molecule has 7 heteroatoms. The Balaban J connectivity index is 2.32. The van der Waals surface area contributed by atoms with Gasteiger partial charge in [-0.3, -0.25) is 14.9 Å². The molecule has 0 saturated carbocycles. The van der Waals surface area contributed by atoms with Gasteiger partial charge in [-0.15, -0.1) is 0 Å². The maximum Gasteiger partial charge on any atom is 0.324 e. The normalized spacial score (nSPS) is 10.1.